The van der Waals surface area contributed by atoms with Crippen molar-refractivity contribution in [1.29, 1.82) is 0 Å². The minimum absolute atomic E-state index is 0.923. The van der Waals surface area contributed by atoms with E-state index in [0.717, 1.165) is 37.6 Å². The molecule has 0 atom stereocenters. The summed E-state index contributed by atoms with van der Waals surface area (Å²) >= 11 is 0. The highest BCUT2D eigenvalue weighted by atomic mass is 15.1. The molecule has 0 radical (unpaired) electrons. The lowest BCUT2D eigenvalue weighted by Gasteiger charge is -2.29. The highest BCUT2D eigenvalue weighted by Crippen LogP contribution is 2.27. The van der Waals surface area contributed by atoms with Gasteiger partial charge in [0.25, 0.3) is 0 Å². The second-order valence-electron chi connectivity index (χ2n) is 8.22. The van der Waals surface area contributed by atoms with E-state index in [2.05, 4.69) is 60.0 Å². The van der Waals surface area contributed by atoms with Gasteiger partial charge in [-0.25, -0.2) is 0 Å². The Morgan fingerprint density at radius 1 is 0.571 bits per heavy atom. The summed E-state index contributed by atoms with van der Waals surface area (Å²) in [6, 6.07) is 12.7. The molecule has 4 nitrogen and oxygen atoms in total. The Hall–Kier alpha value is -2.36. The van der Waals surface area contributed by atoms with Gasteiger partial charge >= 0.3 is 0 Å². The summed E-state index contributed by atoms with van der Waals surface area (Å²) in [5, 5.41) is 0. The molecule has 2 aromatic rings. The van der Waals surface area contributed by atoms with E-state index in [9.17, 15) is 0 Å². The van der Waals surface area contributed by atoms with Gasteiger partial charge < -0.3 is 21.3 Å². The molecule has 0 bridgehead atoms. The summed E-state index contributed by atoms with van der Waals surface area (Å²) in [7, 11) is 0. The highest BCUT2D eigenvalue weighted by molar-refractivity contribution is 5.69. The first kappa shape index (κ1) is 20.4. The van der Waals surface area contributed by atoms with Crippen molar-refractivity contribution in [1.82, 2.24) is 0 Å². The fourth-order valence-electron chi connectivity index (χ4n) is 4.19. The van der Waals surface area contributed by atoms with Crippen LogP contribution in [0.1, 0.15) is 49.7 Å². The lowest BCUT2D eigenvalue weighted by atomic mass is 10.1. The average molecular weight is 381 g/mol. The number of nitrogens with two attached hydrogens (primary N) is 2. The molecule has 2 saturated heterocycles. The van der Waals surface area contributed by atoms with E-state index >= 15 is 0 Å². The second-order valence-corrected chi connectivity index (χ2v) is 8.22. The van der Waals surface area contributed by atoms with Crippen molar-refractivity contribution >= 4 is 22.7 Å². The van der Waals surface area contributed by atoms with Crippen LogP contribution in [-0.4, -0.2) is 26.2 Å². The zero-order valence-electron chi connectivity index (χ0n) is 17.6. The van der Waals surface area contributed by atoms with E-state index in [1.807, 2.05) is 0 Å². The Labute approximate surface area is 170 Å². The van der Waals surface area contributed by atoms with E-state index in [1.165, 1.54) is 61.0 Å². The highest BCUT2D eigenvalue weighted by Gasteiger charge is 2.13. The van der Waals surface area contributed by atoms with E-state index < -0.39 is 0 Å². The van der Waals surface area contributed by atoms with Gasteiger partial charge in [0.05, 0.1) is 22.7 Å². The van der Waals surface area contributed by atoms with Gasteiger partial charge in [-0.05, 0) is 87.8 Å². The maximum atomic E-state index is 6.01. The predicted octanol–water partition coefficient (Wildman–Crippen LogP) is 5.14. The van der Waals surface area contributed by atoms with Crippen LogP contribution in [0.2, 0.25) is 0 Å². The molecule has 0 spiro atoms. The fourth-order valence-corrected chi connectivity index (χ4v) is 4.19. The van der Waals surface area contributed by atoms with E-state index in [1.54, 1.807) is 0 Å². The molecule has 2 aliphatic heterocycles. The summed E-state index contributed by atoms with van der Waals surface area (Å²) in [6.45, 7) is 8.80. The number of hydrogen-bond acceptors (Lipinski definition) is 4. The zero-order chi connectivity index (χ0) is 19.9. The molecule has 0 amide bonds. The summed E-state index contributed by atoms with van der Waals surface area (Å²) < 4.78 is 0. The van der Waals surface area contributed by atoms with Crippen LogP contribution in [0.3, 0.4) is 0 Å². The van der Waals surface area contributed by atoms with Gasteiger partial charge in [-0.3, -0.25) is 0 Å². The molecule has 4 heteroatoms. The van der Waals surface area contributed by atoms with Gasteiger partial charge in [0.15, 0.2) is 0 Å². The SMILES string of the molecule is Cc1ccc(N2CCCCC2)c(N)c1.Cc1ccc(N2CCCCC2)c(N)c1. The molecular weight excluding hydrogens is 344 g/mol. The Morgan fingerprint density at radius 3 is 1.25 bits per heavy atom. The van der Waals surface area contributed by atoms with Crippen LogP contribution in [-0.2, 0) is 0 Å². The van der Waals surface area contributed by atoms with E-state index in [-0.39, 0.29) is 0 Å². The molecule has 152 valence electrons. The number of nitrogen functional groups attached to an aromatic ring is 2. The van der Waals surface area contributed by atoms with Crippen molar-refractivity contribution in [3.8, 4) is 0 Å². The minimum Gasteiger partial charge on any atom is -0.397 e. The molecule has 0 unspecified atom stereocenters. The lowest BCUT2D eigenvalue weighted by molar-refractivity contribution is 0.578. The third kappa shape index (κ3) is 5.34. The third-order valence-electron chi connectivity index (χ3n) is 5.76. The molecule has 4 N–H and O–H groups in total. The molecule has 0 aromatic heterocycles. The van der Waals surface area contributed by atoms with Gasteiger partial charge in [0.1, 0.15) is 0 Å². The van der Waals surface area contributed by atoms with Crippen LogP contribution in [0.5, 0.6) is 0 Å². The standard InChI is InChI=1S/2C12H18N2/c2*1-10-5-6-12(11(13)9-10)14-7-3-2-4-8-14/h2*5-6,9H,2-4,7-8,13H2,1H3. The third-order valence-corrected chi connectivity index (χ3v) is 5.76. The quantitative estimate of drug-likeness (QED) is 0.709. The van der Waals surface area contributed by atoms with Crippen LogP contribution in [0, 0.1) is 13.8 Å². The van der Waals surface area contributed by atoms with Crippen LogP contribution >= 0.6 is 0 Å². The number of hydrogen-bond donors (Lipinski definition) is 2. The molecule has 4 rings (SSSR count). The molecule has 0 saturated carbocycles. The van der Waals surface area contributed by atoms with Gasteiger partial charge in [0.2, 0.25) is 0 Å². The van der Waals surface area contributed by atoms with Crippen LogP contribution in [0.4, 0.5) is 22.7 Å². The first-order valence-electron chi connectivity index (χ1n) is 10.8. The van der Waals surface area contributed by atoms with Gasteiger partial charge in [0, 0.05) is 26.2 Å². The van der Waals surface area contributed by atoms with Crippen molar-refractivity contribution in [3.63, 3.8) is 0 Å². The number of benzene rings is 2. The Bertz CT molecular complexity index is 694. The number of piperidine rings is 2. The van der Waals surface area contributed by atoms with Crippen LogP contribution < -0.4 is 21.3 Å². The van der Waals surface area contributed by atoms with Gasteiger partial charge in [-0.15, -0.1) is 0 Å². The summed E-state index contributed by atoms with van der Waals surface area (Å²) in [4.78, 5) is 4.80. The molecule has 2 fully saturated rings. The lowest BCUT2D eigenvalue weighted by Crippen LogP contribution is -2.29. The molecular formula is C24H36N4. The Kier molecular flexibility index (Phi) is 7.07. The van der Waals surface area contributed by atoms with E-state index in [4.69, 9.17) is 11.5 Å². The van der Waals surface area contributed by atoms with Crippen LogP contribution in [0.15, 0.2) is 36.4 Å². The maximum absolute atomic E-state index is 6.01. The largest absolute Gasteiger partial charge is 0.397 e. The molecule has 2 heterocycles. The number of aryl methyl sites for hydroxylation is 2. The summed E-state index contributed by atoms with van der Waals surface area (Å²) in [5.41, 5.74) is 18.8. The van der Waals surface area contributed by atoms with Crippen LogP contribution in [0.25, 0.3) is 0 Å². The summed E-state index contributed by atoms with van der Waals surface area (Å²) in [6.07, 6.45) is 7.92. The predicted molar refractivity (Wildman–Crippen MR) is 123 cm³/mol. The number of nitrogens with zero attached hydrogens (tertiary/aromatic N) is 2. The normalized spacial score (nSPS) is 17.1. The smallest absolute Gasteiger partial charge is 0.0600 e. The minimum atomic E-state index is 0.923. The maximum Gasteiger partial charge on any atom is 0.0600 e. The van der Waals surface area contributed by atoms with Gasteiger partial charge in [-0.1, -0.05) is 12.1 Å². The zero-order valence-corrected chi connectivity index (χ0v) is 17.6. The fraction of sp³-hybridized carbons (Fsp3) is 0.500. The van der Waals surface area contributed by atoms with Gasteiger partial charge in [-0.2, -0.15) is 0 Å². The number of rotatable bonds is 2. The first-order valence-corrected chi connectivity index (χ1v) is 10.8. The molecule has 2 aromatic carbocycles. The molecule has 2 aliphatic rings. The Balaban J connectivity index is 0.000000161. The summed E-state index contributed by atoms with van der Waals surface area (Å²) in [5.74, 6) is 0. The topological polar surface area (TPSA) is 58.5 Å². The van der Waals surface area contributed by atoms with Crippen molar-refractivity contribution in [2.45, 2.75) is 52.4 Å². The van der Waals surface area contributed by atoms with Crippen molar-refractivity contribution in [2.24, 2.45) is 0 Å². The first-order chi connectivity index (χ1) is 13.5. The van der Waals surface area contributed by atoms with Crippen molar-refractivity contribution in [3.05, 3.63) is 47.5 Å². The monoisotopic (exact) mass is 380 g/mol. The Morgan fingerprint density at radius 2 is 0.929 bits per heavy atom. The van der Waals surface area contributed by atoms with Crippen molar-refractivity contribution < 1.29 is 0 Å². The average Bonchev–Trinajstić information content (AvgIpc) is 2.70. The van der Waals surface area contributed by atoms with Crippen molar-refractivity contribution in [2.75, 3.05) is 47.4 Å². The molecule has 0 aliphatic carbocycles. The van der Waals surface area contributed by atoms with E-state index in [0.29, 0.717) is 0 Å². The number of anilines is 4. The second kappa shape index (κ2) is 9.72. The molecule has 28 heavy (non-hydrogen) atoms.